The maximum absolute atomic E-state index is 4.48. The molecule has 0 radical (unpaired) electrons. The van der Waals surface area contributed by atoms with Gasteiger partial charge in [-0.1, -0.05) is 61.5 Å². The van der Waals surface area contributed by atoms with Gasteiger partial charge in [0.1, 0.15) is 17.8 Å². The molecule has 0 unspecified atom stereocenters. The Morgan fingerprint density at radius 2 is 1.64 bits per heavy atom. The Labute approximate surface area is 195 Å². The normalized spacial score (nSPS) is 15.2. The first-order chi connectivity index (χ1) is 16.3. The van der Waals surface area contributed by atoms with E-state index in [1.54, 1.807) is 6.33 Å². The summed E-state index contributed by atoms with van der Waals surface area (Å²) in [7, 11) is 0. The summed E-state index contributed by atoms with van der Waals surface area (Å²) in [6, 6.07) is 21.6. The van der Waals surface area contributed by atoms with Crippen molar-refractivity contribution in [2.45, 2.75) is 19.9 Å². The molecule has 0 spiro atoms. The molecular formula is C27H32N6. The van der Waals surface area contributed by atoms with Gasteiger partial charge in [0, 0.05) is 45.0 Å². The predicted octanol–water partition coefficient (Wildman–Crippen LogP) is 4.42. The molecule has 33 heavy (non-hydrogen) atoms. The molecule has 0 saturated carbocycles. The highest BCUT2D eigenvalue weighted by Crippen LogP contribution is 2.27. The van der Waals surface area contributed by atoms with Crippen LogP contribution < -0.4 is 5.32 Å². The van der Waals surface area contributed by atoms with Gasteiger partial charge < -0.3 is 15.2 Å². The molecule has 1 aliphatic rings. The molecule has 1 aliphatic heterocycles. The molecule has 1 saturated heterocycles. The van der Waals surface area contributed by atoms with Crippen LogP contribution in [-0.4, -0.2) is 64.0 Å². The van der Waals surface area contributed by atoms with Gasteiger partial charge >= 0.3 is 0 Å². The Morgan fingerprint density at radius 1 is 0.879 bits per heavy atom. The van der Waals surface area contributed by atoms with Crippen molar-refractivity contribution in [3.8, 4) is 11.3 Å². The van der Waals surface area contributed by atoms with Gasteiger partial charge in [-0.3, -0.25) is 4.90 Å². The number of aromatic nitrogens is 3. The summed E-state index contributed by atoms with van der Waals surface area (Å²) in [5.74, 6) is 0.876. The van der Waals surface area contributed by atoms with Crippen LogP contribution in [0.4, 0.5) is 5.82 Å². The molecule has 2 aromatic heterocycles. The van der Waals surface area contributed by atoms with Crippen LogP contribution in [0.2, 0.25) is 0 Å². The van der Waals surface area contributed by atoms with Crippen molar-refractivity contribution in [3.63, 3.8) is 0 Å². The molecular weight excluding hydrogens is 408 g/mol. The number of anilines is 1. The Bertz CT molecular complexity index is 1160. The highest BCUT2D eigenvalue weighted by atomic mass is 15.3. The first kappa shape index (κ1) is 21.6. The molecule has 0 atom stereocenters. The zero-order valence-corrected chi connectivity index (χ0v) is 19.3. The maximum atomic E-state index is 4.48. The number of hydrogen-bond acceptors (Lipinski definition) is 5. The lowest BCUT2D eigenvalue weighted by Gasteiger charge is -2.34. The third-order valence-electron chi connectivity index (χ3n) is 6.56. The van der Waals surface area contributed by atoms with Gasteiger partial charge in [-0.15, -0.1) is 0 Å². The van der Waals surface area contributed by atoms with Crippen molar-refractivity contribution in [2.24, 2.45) is 0 Å². The average molecular weight is 441 g/mol. The summed E-state index contributed by atoms with van der Waals surface area (Å²) in [4.78, 5) is 17.5. The van der Waals surface area contributed by atoms with E-state index in [4.69, 9.17) is 0 Å². The highest BCUT2D eigenvalue weighted by molar-refractivity contribution is 5.91. The van der Waals surface area contributed by atoms with Gasteiger partial charge in [0.15, 0.2) is 0 Å². The van der Waals surface area contributed by atoms with Gasteiger partial charge in [0.25, 0.3) is 0 Å². The van der Waals surface area contributed by atoms with Crippen molar-refractivity contribution in [2.75, 3.05) is 44.6 Å². The average Bonchev–Trinajstić information content (AvgIpc) is 3.31. The minimum atomic E-state index is 0.831. The summed E-state index contributed by atoms with van der Waals surface area (Å²) in [5, 5.41) is 4.51. The SMILES string of the molecule is CCN1CCN(Cc2ccc(-c3cc4c(NCCc5ccccc5)ncnc4[nH]3)cc2)CC1. The van der Waals surface area contributed by atoms with Gasteiger partial charge in [-0.2, -0.15) is 0 Å². The van der Waals surface area contributed by atoms with Crippen LogP contribution in [0.1, 0.15) is 18.1 Å². The quantitative estimate of drug-likeness (QED) is 0.425. The standard InChI is InChI=1S/C27H32N6/c1-2-32-14-16-33(17-15-32)19-22-8-10-23(11-9-22)25-18-24-26(29-20-30-27(24)31-25)28-13-12-21-6-4-3-5-7-21/h3-11,18,20H,2,12-17,19H2,1H3,(H2,28,29,30,31). The zero-order chi connectivity index (χ0) is 22.5. The number of benzene rings is 2. The Kier molecular flexibility index (Phi) is 6.65. The second-order valence-corrected chi connectivity index (χ2v) is 8.74. The predicted molar refractivity (Wildman–Crippen MR) is 135 cm³/mol. The smallest absolute Gasteiger partial charge is 0.143 e. The molecule has 5 rings (SSSR count). The van der Waals surface area contributed by atoms with Crippen LogP contribution >= 0.6 is 0 Å². The summed E-state index contributed by atoms with van der Waals surface area (Å²) >= 11 is 0. The van der Waals surface area contributed by atoms with Crippen molar-refractivity contribution in [1.29, 1.82) is 0 Å². The van der Waals surface area contributed by atoms with Crippen LogP contribution in [0, 0.1) is 0 Å². The molecule has 2 aromatic carbocycles. The van der Waals surface area contributed by atoms with E-state index in [-0.39, 0.29) is 0 Å². The summed E-state index contributed by atoms with van der Waals surface area (Å²) < 4.78 is 0. The largest absolute Gasteiger partial charge is 0.369 e. The molecule has 3 heterocycles. The molecule has 1 fully saturated rings. The fourth-order valence-electron chi connectivity index (χ4n) is 4.52. The van der Waals surface area contributed by atoms with E-state index in [1.807, 2.05) is 6.07 Å². The number of nitrogens with zero attached hydrogens (tertiary/aromatic N) is 4. The van der Waals surface area contributed by atoms with Gasteiger partial charge in [0.2, 0.25) is 0 Å². The lowest BCUT2D eigenvalue weighted by atomic mass is 10.1. The molecule has 2 N–H and O–H groups in total. The van der Waals surface area contributed by atoms with E-state index in [0.717, 1.165) is 61.7 Å². The van der Waals surface area contributed by atoms with E-state index >= 15 is 0 Å². The fraction of sp³-hybridized carbons (Fsp3) is 0.333. The molecule has 0 aliphatic carbocycles. The van der Waals surface area contributed by atoms with Crippen molar-refractivity contribution >= 4 is 16.9 Å². The number of hydrogen-bond donors (Lipinski definition) is 2. The topological polar surface area (TPSA) is 60.1 Å². The number of likely N-dealkylation sites (N-methyl/N-ethyl adjacent to an activating group) is 1. The van der Waals surface area contributed by atoms with Crippen LogP contribution in [0.3, 0.4) is 0 Å². The Morgan fingerprint density at radius 3 is 2.39 bits per heavy atom. The number of nitrogens with one attached hydrogen (secondary N) is 2. The lowest BCUT2D eigenvalue weighted by Crippen LogP contribution is -2.45. The van der Waals surface area contributed by atoms with Crippen molar-refractivity contribution in [1.82, 2.24) is 24.8 Å². The van der Waals surface area contributed by atoms with E-state index < -0.39 is 0 Å². The molecule has 6 heteroatoms. The third-order valence-corrected chi connectivity index (χ3v) is 6.56. The molecule has 0 bridgehead atoms. The summed E-state index contributed by atoms with van der Waals surface area (Å²) in [6.07, 6.45) is 2.58. The maximum Gasteiger partial charge on any atom is 0.143 e. The van der Waals surface area contributed by atoms with Crippen molar-refractivity contribution in [3.05, 3.63) is 78.1 Å². The van der Waals surface area contributed by atoms with E-state index in [2.05, 4.69) is 91.6 Å². The van der Waals surface area contributed by atoms with Gasteiger partial charge in [-0.05, 0) is 35.7 Å². The first-order valence-corrected chi connectivity index (χ1v) is 11.9. The third kappa shape index (κ3) is 5.24. The molecule has 4 aromatic rings. The van der Waals surface area contributed by atoms with Crippen LogP contribution in [-0.2, 0) is 13.0 Å². The van der Waals surface area contributed by atoms with Crippen LogP contribution in [0.25, 0.3) is 22.3 Å². The summed E-state index contributed by atoms with van der Waals surface area (Å²) in [6.45, 7) is 9.89. The minimum Gasteiger partial charge on any atom is -0.369 e. The number of H-pyrrole nitrogens is 1. The minimum absolute atomic E-state index is 0.831. The van der Waals surface area contributed by atoms with Gasteiger partial charge in [0.05, 0.1) is 5.39 Å². The monoisotopic (exact) mass is 440 g/mol. The molecule has 170 valence electrons. The molecule has 6 nitrogen and oxygen atoms in total. The van der Waals surface area contributed by atoms with E-state index in [0.29, 0.717) is 0 Å². The Hall–Kier alpha value is -3.22. The summed E-state index contributed by atoms with van der Waals surface area (Å²) in [5.41, 5.74) is 5.78. The number of rotatable bonds is 8. The lowest BCUT2D eigenvalue weighted by molar-refractivity contribution is 0.132. The zero-order valence-electron chi connectivity index (χ0n) is 19.3. The Balaban J connectivity index is 1.24. The van der Waals surface area contributed by atoms with Gasteiger partial charge in [-0.25, -0.2) is 9.97 Å². The van der Waals surface area contributed by atoms with E-state index in [1.165, 1.54) is 29.8 Å². The fourth-order valence-corrected chi connectivity index (χ4v) is 4.52. The number of aromatic amines is 1. The first-order valence-electron chi connectivity index (χ1n) is 11.9. The molecule has 0 amide bonds. The van der Waals surface area contributed by atoms with Crippen LogP contribution in [0.5, 0.6) is 0 Å². The second kappa shape index (κ2) is 10.1. The van der Waals surface area contributed by atoms with Crippen LogP contribution in [0.15, 0.2) is 67.0 Å². The number of fused-ring (bicyclic) bond motifs is 1. The van der Waals surface area contributed by atoms with Crippen molar-refractivity contribution < 1.29 is 0 Å². The second-order valence-electron chi connectivity index (χ2n) is 8.74. The highest BCUT2D eigenvalue weighted by Gasteiger charge is 2.15. The van der Waals surface area contributed by atoms with E-state index in [9.17, 15) is 0 Å². The number of piperazine rings is 1.